The van der Waals surface area contributed by atoms with Crippen LogP contribution in [0.5, 0.6) is 0 Å². The number of anilines is 1. The highest BCUT2D eigenvalue weighted by molar-refractivity contribution is 5.70. The molecule has 1 N–H and O–H groups in total. The van der Waals surface area contributed by atoms with Crippen LogP contribution in [0.1, 0.15) is 18.9 Å². The van der Waals surface area contributed by atoms with E-state index in [2.05, 4.69) is 43.0 Å². The third-order valence-corrected chi connectivity index (χ3v) is 5.13. The van der Waals surface area contributed by atoms with Crippen LogP contribution in [-0.4, -0.2) is 51.6 Å². The Morgan fingerprint density at radius 3 is 2.70 bits per heavy atom. The van der Waals surface area contributed by atoms with Gasteiger partial charge in [-0.1, -0.05) is 0 Å². The molecule has 0 atom stereocenters. The largest absolute Gasteiger partial charge is 0.357 e. The summed E-state index contributed by atoms with van der Waals surface area (Å²) in [6.45, 7) is 2.20. The third-order valence-electron chi connectivity index (χ3n) is 5.13. The number of imidazole rings is 1. The molecular weight excluding hydrogens is 343 g/mol. The lowest BCUT2D eigenvalue weighted by Gasteiger charge is -2.29. The summed E-state index contributed by atoms with van der Waals surface area (Å²) in [6, 6.07) is 7.22. The molecule has 3 heterocycles. The first-order chi connectivity index (χ1) is 13.1. The van der Waals surface area contributed by atoms with E-state index in [0.717, 1.165) is 37.2 Å². The minimum absolute atomic E-state index is 0.311. The van der Waals surface area contributed by atoms with Gasteiger partial charge in [0.25, 0.3) is 0 Å². The fourth-order valence-electron chi connectivity index (χ4n) is 3.49. The van der Waals surface area contributed by atoms with Crippen molar-refractivity contribution < 1.29 is 4.39 Å². The SMILES string of the molecule is CNc1nccc(-c2cc(-c3cn(C4CCN(C)CC4)cn3)ccc2F)n1. The third kappa shape index (κ3) is 3.68. The zero-order valence-electron chi connectivity index (χ0n) is 15.6. The van der Waals surface area contributed by atoms with Gasteiger partial charge in [0, 0.05) is 36.6 Å². The van der Waals surface area contributed by atoms with Crippen LogP contribution >= 0.6 is 0 Å². The van der Waals surface area contributed by atoms with Crippen molar-refractivity contribution in [2.45, 2.75) is 18.9 Å². The molecule has 1 aromatic carbocycles. The fourth-order valence-corrected chi connectivity index (χ4v) is 3.49. The maximum Gasteiger partial charge on any atom is 0.222 e. The Morgan fingerprint density at radius 1 is 1.11 bits per heavy atom. The topological polar surface area (TPSA) is 58.9 Å². The average molecular weight is 366 g/mol. The van der Waals surface area contributed by atoms with Crippen molar-refractivity contribution in [3.05, 3.63) is 48.8 Å². The molecule has 1 aliphatic rings. The van der Waals surface area contributed by atoms with Crippen molar-refractivity contribution in [1.82, 2.24) is 24.4 Å². The lowest BCUT2D eigenvalue weighted by molar-refractivity contribution is 0.221. The smallest absolute Gasteiger partial charge is 0.222 e. The molecule has 0 unspecified atom stereocenters. The number of aromatic nitrogens is 4. The van der Waals surface area contributed by atoms with Gasteiger partial charge in [-0.25, -0.2) is 19.3 Å². The van der Waals surface area contributed by atoms with Crippen LogP contribution in [0.15, 0.2) is 43.0 Å². The maximum absolute atomic E-state index is 14.4. The van der Waals surface area contributed by atoms with E-state index in [4.69, 9.17) is 0 Å². The minimum atomic E-state index is -0.311. The first kappa shape index (κ1) is 17.6. The normalized spacial score (nSPS) is 15.8. The molecule has 7 heteroatoms. The first-order valence-electron chi connectivity index (χ1n) is 9.17. The number of nitrogens with one attached hydrogen (secondary N) is 1. The highest BCUT2D eigenvalue weighted by atomic mass is 19.1. The molecule has 2 aromatic heterocycles. The number of hydrogen-bond donors (Lipinski definition) is 1. The predicted molar refractivity (Wildman–Crippen MR) is 104 cm³/mol. The Bertz CT molecular complexity index is 930. The second-order valence-corrected chi connectivity index (χ2v) is 6.95. The number of nitrogens with zero attached hydrogens (tertiary/aromatic N) is 5. The molecule has 0 saturated carbocycles. The Balaban J connectivity index is 1.63. The Hall–Kier alpha value is -2.80. The molecule has 1 saturated heterocycles. The number of rotatable bonds is 4. The molecule has 0 amide bonds. The summed E-state index contributed by atoms with van der Waals surface area (Å²) in [5, 5.41) is 2.88. The number of benzene rings is 1. The van der Waals surface area contributed by atoms with Crippen molar-refractivity contribution in [3.63, 3.8) is 0 Å². The molecule has 4 rings (SSSR count). The molecular formula is C20H23FN6. The van der Waals surface area contributed by atoms with Crippen LogP contribution in [0, 0.1) is 5.82 Å². The van der Waals surface area contributed by atoms with E-state index in [1.54, 1.807) is 31.4 Å². The average Bonchev–Trinajstić information content (AvgIpc) is 3.19. The van der Waals surface area contributed by atoms with Gasteiger partial charge >= 0.3 is 0 Å². The summed E-state index contributed by atoms with van der Waals surface area (Å²) in [7, 11) is 3.89. The van der Waals surface area contributed by atoms with E-state index in [0.29, 0.717) is 23.2 Å². The van der Waals surface area contributed by atoms with E-state index in [-0.39, 0.29) is 5.82 Å². The highest BCUT2D eigenvalue weighted by Crippen LogP contribution is 2.29. The standard InChI is InChI=1S/C20H23FN6/c1-22-20-23-8-5-18(25-20)16-11-14(3-4-17(16)21)19-12-27(13-24-19)15-6-9-26(2)10-7-15/h3-5,8,11-13,15H,6-7,9-10H2,1-2H3,(H,22,23,25). The summed E-state index contributed by atoms with van der Waals surface area (Å²) in [6.07, 6.45) is 7.81. The first-order valence-corrected chi connectivity index (χ1v) is 9.17. The van der Waals surface area contributed by atoms with Crippen LogP contribution in [0.2, 0.25) is 0 Å². The van der Waals surface area contributed by atoms with Crippen LogP contribution < -0.4 is 5.32 Å². The molecule has 3 aromatic rings. The van der Waals surface area contributed by atoms with Gasteiger partial charge in [0.15, 0.2) is 0 Å². The summed E-state index contributed by atoms with van der Waals surface area (Å²) in [5.41, 5.74) is 2.71. The molecule has 27 heavy (non-hydrogen) atoms. The van der Waals surface area contributed by atoms with Gasteiger partial charge in [-0.2, -0.15) is 0 Å². The van der Waals surface area contributed by atoms with E-state index >= 15 is 0 Å². The molecule has 1 fully saturated rings. The molecule has 0 aliphatic carbocycles. The van der Waals surface area contributed by atoms with Gasteiger partial charge in [-0.3, -0.25) is 0 Å². The molecule has 1 aliphatic heterocycles. The van der Waals surface area contributed by atoms with E-state index < -0.39 is 0 Å². The summed E-state index contributed by atoms with van der Waals surface area (Å²) >= 11 is 0. The predicted octanol–water partition coefficient (Wildman–Crippen LogP) is 3.45. The van der Waals surface area contributed by atoms with Crippen LogP contribution in [0.25, 0.3) is 22.5 Å². The number of piperidine rings is 1. The van der Waals surface area contributed by atoms with Crippen molar-refractivity contribution in [1.29, 1.82) is 0 Å². The van der Waals surface area contributed by atoms with Gasteiger partial charge in [0.05, 0.1) is 17.7 Å². The van der Waals surface area contributed by atoms with Crippen molar-refractivity contribution in [3.8, 4) is 22.5 Å². The molecule has 140 valence electrons. The van der Waals surface area contributed by atoms with Gasteiger partial charge < -0.3 is 14.8 Å². The lowest BCUT2D eigenvalue weighted by Crippen LogP contribution is -2.31. The van der Waals surface area contributed by atoms with Crippen molar-refractivity contribution >= 4 is 5.95 Å². The van der Waals surface area contributed by atoms with Gasteiger partial charge in [-0.15, -0.1) is 0 Å². The quantitative estimate of drug-likeness (QED) is 0.766. The number of halogens is 1. The minimum Gasteiger partial charge on any atom is -0.357 e. The van der Waals surface area contributed by atoms with Crippen LogP contribution in [0.3, 0.4) is 0 Å². The van der Waals surface area contributed by atoms with Crippen molar-refractivity contribution in [2.75, 3.05) is 32.5 Å². The van der Waals surface area contributed by atoms with Gasteiger partial charge in [0.2, 0.25) is 5.95 Å². The molecule has 6 nitrogen and oxygen atoms in total. The molecule has 0 radical (unpaired) electrons. The van der Waals surface area contributed by atoms with Gasteiger partial charge in [-0.05, 0) is 57.2 Å². The summed E-state index contributed by atoms with van der Waals surface area (Å²) < 4.78 is 16.6. The second kappa shape index (κ2) is 7.44. The van der Waals surface area contributed by atoms with E-state index in [1.165, 1.54) is 6.07 Å². The molecule has 0 bridgehead atoms. The maximum atomic E-state index is 14.4. The zero-order valence-corrected chi connectivity index (χ0v) is 15.6. The number of likely N-dealkylation sites (tertiary alicyclic amines) is 1. The van der Waals surface area contributed by atoms with E-state index in [1.807, 2.05) is 6.33 Å². The van der Waals surface area contributed by atoms with Gasteiger partial charge in [0.1, 0.15) is 5.82 Å². The Morgan fingerprint density at radius 2 is 1.93 bits per heavy atom. The summed E-state index contributed by atoms with van der Waals surface area (Å²) in [5.74, 6) is 0.151. The zero-order chi connectivity index (χ0) is 18.8. The lowest BCUT2D eigenvalue weighted by atomic mass is 10.0. The molecule has 0 spiro atoms. The second-order valence-electron chi connectivity index (χ2n) is 6.95. The monoisotopic (exact) mass is 366 g/mol. The number of hydrogen-bond acceptors (Lipinski definition) is 5. The van der Waals surface area contributed by atoms with E-state index in [9.17, 15) is 4.39 Å². The van der Waals surface area contributed by atoms with Crippen LogP contribution in [-0.2, 0) is 0 Å². The van der Waals surface area contributed by atoms with Crippen LogP contribution in [0.4, 0.5) is 10.3 Å². The Kier molecular flexibility index (Phi) is 4.85. The van der Waals surface area contributed by atoms with Crippen molar-refractivity contribution in [2.24, 2.45) is 0 Å². The highest BCUT2D eigenvalue weighted by Gasteiger charge is 2.19. The Labute approximate surface area is 158 Å². The fraction of sp³-hybridized carbons (Fsp3) is 0.350. The summed E-state index contributed by atoms with van der Waals surface area (Å²) in [4.78, 5) is 15.4.